The van der Waals surface area contributed by atoms with Gasteiger partial charge in [-0.25, -0.2) is 0 Å². The molecule has 2 nitrogen and oxygen atoms in total. The van der Waals surface area contributed by atoms with E-state index < -0.39 is 0 Å². The van der Waals surface area contributed by atoms with E-state index in [2.05, 4.69) is 67.7 Å². The maximum Gasteiger partial charge on any atom is 0.0429 e. The Hall–Kier alpha value is -1.64. The molecule has 0 aliphatic carbocycles. The quantitative estimate of drug-likeness (QED) is 0.804. The van der Waals surface area contributed by atoms with Crippen molar-refractivity contribution in [3.63, 3.8) is 0 Å². The highest BCUT2D eigenvalue weighted by Crippen LogP contribution is 2.26. The van der Waals surface area contributed by atoms with Gasteiger partial charge >= 0.3 is 0 Å². The van der Waals surface area contributed by atoms with Crippen molar-refractivity contribution in [1.82, 2.24) is 5.32 Å². The van der Waals surface area contributed by atoms with Crippen LogP contribution in [0.15, 0.2) is 54.6 Å². The van der Waals surface area contributed by atoms with Gasteiger partial charge in [-0.1, -0.05) is 68.4 Å². The Morgan fingerprint density at radius 3 is 2.05 bits per heavy atom. The van der Waals surface area contributed by atoms with Gasteiger partial charge in [-0.15, -0.1) is 0 Å². The third-order valence-electron chi connectivity index (χ3n) is 3.48. The Labute approximate surface area is 115 Å². The van der Waals surface area contributed by atoms with Crippen LogP contribution in [0.5, 0.6) is 0 Å². The topological polar surface area (TPSA) is 38.0 Å². The molecule has 0 aliphatic heterocycles. The average Bonchev–Trinajstić information content (AvgIpc) is 2.46. The highest BCUT2D eigenvalue weighted by atomic mass is 15.0. The zero-order chi connectivity index (χ0) is 13.7. The van der Waals surface area contributed by atoms with Crippen LogP contribution in [-0.2, 0) is 5.41 Å². The molecule has 2 aromatic carbocycles. The summed E-state index contributed by atoms with van der Waals surface area (Å²) in [6.07, 6.45) is 0. The van der Waals surface area contributed by atoms with Crippen LogP contribution in [0, 0.1) is 0 Å². The smallest absolute Gasteiger partial charge is 0.0429 e. The second-order valence-corrected chi connectivity index (χ2v) is 5.46. The highest BCUT2D eigenvalue weighted by molar-refractivity contribution is 5.63. The summed E-state index contributed by atoms with van der Waals surface area (Å²) in [6, 6.07) is 19.2. The van der Waals surface area contributed by atoms with Crippen LogP contribution in [0.3, 0.4) is 0 Å². The number of nitrogens with two attached hydrogens (primary N) is 1. The number of nitrogens with one attached hydrogen (secondary N) is 1. The first kappa shape index (κ1) is 13.8. The first-order valence-corrected chi connectivity index (χ1v) is 6.70. The molecule has 100 valence electrons. The fraction of sp³-hybridized carbons (Fsp3) is 0.294. The van der Waals surface area contributed by atoms with Gasteiger partial charge in [0.05, 0.1) is 0 Å². The summed E-state index contributed by atoms with van der Waals surface area (Å²) in [7, 11) is 0. The van der Waals surface area contributed by atoms with Gasteiger partial charge in [-0.05, 0) is 16.7 Å². The number of hydrogen-bond acceptors (Lipinski definition) is 2. The molecule has 0 aromatic heterocycles. The van der Waals surface area contributed by atoms with E-state index in [1.165, 1.54) is 16.7 Å². The van der Waals surface area contributed by atoms with E-state index >= 15 is 0 Å². The minimum atomic E-state index is 0.0919. The van der Waals surface area contributed by atoms with Crippen molar-refractivity contribution >= 4 is 0 Å². The molecule has 0 heterocycles. The Morgan fingerprint density at radius 1 is 0.895 bits per heavy atom. The van der Waals surface area contributed by atoms with E-state index in [0.717, 1.165) is 6.54 Å². The Kier molecular flexibility index (Phi) is 4.35. The average molecular weight is 254 g/mol. The van der Waals surface area contributed by atoms with Gasteiger partial charge < -0.3 is 11.1 Å². The fourth-order valence-corrected chi connectivity index (χ4v) is 2.23. The van der Waals surface area contributed by atoms with Crippen molar-refractivity contribution in [2.45, 2.75) is 19.3 Å². The molecule has 2 aromatic rings. The largest absolute Gasteiger partial charge is 0.318 e. The van der Waals surface area contributed by atoms with E-state index in [0.29, 0.717) is 6.67 Å². The molecule has 3 N–H and O–H groups in total. The van der Waals surface area contributed by atoms with Gasteiger partial charge in [0.2, 0.25) is 0 Å². The highest BCUT2D eigenvalue weighted by Gasteiger charge is 2.19. The molecule has 0 amide bonds. The predicted molar refractivity (Wildman–Crippen MR) is 82.0 cm³/mol. The molecule has 0 aliphatic rings. The molecular weight excluding hydrogens is 232 g/mol. The van der Waals surface area contributed by atoms with Crippen LogP contribution in [0.2, 0.25) is 0 Å². The molecule has 0 atom stereocenters. The number of benzene rings is 2. The first-order chi connectivity index (χ1) is 9.13. The van der Waals surface area contributed by atoms with E-state index in [9.17, 15) is 0 Å². The molecule has 0 bridgehead atoms. The second-order valence-electron chi connectivity index (χ2n) is 5.46. The summed E-state index contributed by atoms with van der Waals surface area (Å²) < 4.78 is 0. The third kappa shape index (κ3) is 3.43. The summed E-state index contributed by atoms with van der Waals surface area (Å²) in [6.45, 7) is 5.86. The lowest BCUT2D eigenvalue weighted by atomic mass is 9.84. The van der Waals surface area contributed by atoms with Crippen molar-refractivity contribution in [3.8, 4) is 11.1 Å². The van der Waals surface area contributed by atoms with Gasteiger partial charge in [0.15, 0.2) is 0 Å². The molecule has 0 saturated carbocycles. The molecule has 19 heavy (non-hydrogen) atoms. The van der Waals surface area contributed by atoms with Crippen LogP contribution < -0.4 is 11.1 Å². The minimum absolute atomic E-state index is 0.0919. The van der Waals surface area contributed by atoms with Crippen molar-refractivity contribution in [2.75, 3.05) is 13.2 Å². The zero-order valence-electron chi connectivity index (χ0n) is 11.7. The SMILES string of the molecule is CC(C)(CNCN)c1ccc(-c2ccccc2)cc1. The monoisotopic (exact) mass is 254 g/mol. The normalized spacial score (nSPS) is 11.5. The molecule has 0 unspecified atom stereocenters. The first-order valence-electron chi connectivity index (χ1n) is 6.70. The van der Waals surface area contributed by atoms with Gasteiger partial charge in [0.1, 0.15) is 0 Å². The molecule has 2 rings (SSSR count). The third-order valence-corrected chi connectivity index (χ3v) is 3.48. The lowest BCUT2D eigenvalue weighted by Crippen LogP contribution is -2.35. The van der Waals surface area contributed by atoms with Crippen LogP contribution in [0.4, 0.5) is 0 Å². The number of rotatable bonds is 5. The van der Waals surface area contributed by atoms with Crippen molar-refractivity contribution < 1.29 is 0 Å². The maximum atomic E-state index is 5.50. The van der Waals surface area contributed by atoms with Gasteiger partial charge in [-0.2, -0.15) is 0 Å². The zero-order valence-corrected chi connectivity index (χ0v) is 11.7. The van der Waals surface area contributed by atoms with E-state index in [1.54, 1.807) is 0 Å². The maximum absolute atomic E-state index is 5.50. The summed E-state index contributed by atoms with van der Waals surface area (Å²) in [4.78, 5) is 0. The van der Waals surface area contributed by atoms with E-state index in [1.807, 2.05) is 6.07 Å². The lowest BCUT2D eigenvalue weighted by Gasteiger charge is -2.25. The van der Waals surface area contributed by atoms with Gasteiger partial charge in [0.25, 0.3) is 0 Å². The summed E-state index contributed by atoms with van der Waals surface area (Å²) >= 11 is 0. The standard InChI is InChI=1S/C17H22N2/c1-17(2,12-19-13-18)16-10-8-15(9-11-16)14-6-4-3-5-7-14/h3-11,19H,12-13,18H2,1-2H3. The van der Waals surface area contributed by atoms with E-state index in [4.69, 9.17) is 5.73 Å². The molecule has 0 spiro atoms. The van der Waals surface area contributed by atoms with Crippen molar-refractivity contribution in [1.29, 1.82) is 0 Å². The molecule has 0 saturated heterocycles. The van der Waals surface area contributed by atoms with E-state index in [-0.39, 0.29) is 5.41 Å². The Morgan fingerprint density at radius 2 is 1.47 bits per heavy atom. The fourth-order valence-electron chi connectivity index (χ4n) is 2.23. The molecular formula is C17H22N2. The molecule has 2 heteroatoms. The molecule has 0 fully saturated rings. The van der Waals surface area contributed by atoms with Crippen LogP contribution in [0.1, 0.15) is 19.4 Å². The van der Waals surface area contributed by atoms with Crippen molar-refractivity contribution in [3.05, 3.63) is 60.2 Å². The molecule has 0 radical (unpaired) electrons. The summed E-state index contributed by atoms with van der Waals surface area (Å²) in [5, 5.41) is 3.21. The van der Waals surface area contributed by atoms with Crippen LogP contribution >= 0.6 is 0 Å². The Bertz CT molecular complexity index is 501. The minimum Gasteiger partial charge on any atom is -0.318 e. The number of hydrogen-bond donors (Lipinski definition) is 2. The van der Waals surface area contributed by atoms with Crippen LogP contribution in [0.25, 0.3) is 11.1 Å². The van der Waals surface area contributed by atoms with Crippen LogP contribution in [-0.4, -0.2) is 13.2 Å². The predicted octanol–water partition coefficient (Wildman–Crippen LogP) is 3.14. The Balaban J connectivity index is 2.19. The van der Waals surface area contributed by atoms with Gasteiger partial charge in [0, 0.05) is 18.6 Å². The summed E-state index contributed by atoms with van der Waals surface area (Å²) in [5.41, 5.74) is 9.43. The lowest BCUT2D eigenvalue weighted by molar-refractivity contribution is 0.474. The summed E-state index contributed by atoms with van der Waals surface area (Å²) in [5.74, 6) is 0. The van der Waals surface area contributed by atoms with Gasteiger partial charge in [-0.3, -0.25) is 0 Å². The second kappa shape index (κ2) is 6.00. The van der Waals surface area contributed by atoms with Crippen molar-refractivity contribution in [2.24, 2.45) is 5.73 Å².